The summed E-state index contributed by atoms with van der Waals surface area (Å²) in [5.41, 5.74) is 2.82. The number of H-pyrrole nitrogens is 1. The minimum Gasteiger partial charge on any atom is -0.454 e. The van der Waals surface area contributed by atoms with Gasteiger partial charge in [-0.2, -0.15) is 0 Å². The topological polar surface area (TPSA) is 79.5 Å². The van der Waals surface area contributed by atoms with Crippen molar-refractivity contribution < 1.29 is 14.3 Å². The van der Waals surface area contributed by atoms with E-state index in [1.54, 1.807) is 0 Å². The second kappa shape index (κ2) is 7.48. The van der Waals surface area contributed by atoms with Crippen molar-refractivity contribution in [3.05, 3.63) is 47.0 Å². The molecule has 0 radical (unpaired) electrons. The van der Waals surface area contributed by atoms with Gasteiger partial charge >= 0.3 is 0 Å². The van der Waals surface area contributed by atoms with Gasteiger partial charge in [-0.1, -0.05) is 17.7 Å². The molecule has 2 aliphatic rings. The van der Waals surface area contributed by atoms with Gasteiger partial charge in [0.25, 0.3) is 0 Å². The third-order valence-electron chi connectivity index (χ3n) is 5.50. The Balaban J connectivity index is 1.16. The number of anilines is 1. The van der Waals surface area contributed by atoms with Crippen molar-refractivity contribution in [2.75, 3.05) is 24.8 Å². The number of amides is 1. The molecule has 150 valence electrons. The number of piperidine rings is 1. The monoisotopic (exact) mass is 412 g/mol. The Labute approximate surface area is 173 Å². The van der Waals surface area contributed by atoms with Crippen LogP contribution in [0.4, 0.5) is 5.95 Å². The van der Waals surface area contributed by atoms with Gasteiger partial charge in [0.05, 0.1) is 11.0 Å². The average Bonchev–Trinajstić information content (AvgIpc) is 3.38. The zero-order valence-corrected chi connectivity index (χ0v) is 16.5. The van der Waals surface area contributed by atoms with Crippen LogP contribution in [-0.2, 0) is 11.3 Å². The molecule has 5 rings (SSSR count). The molecule has 0 bridgehead atoms. The Hall–Kier alpha value is -2.93. The molecule has 8 heteroatoms. The van der Waals surface area contributed by atoms with Crippen molar-refractivity contribution in [1.29, 1.82) is 0 Å². The molecule has 2 aliphatic heterocycles. The van der Waals surface area contributed by atoms with Crippen LogP contribution in [0.5, 0.6) is 11.5 Å². The van der Waals surface area contributed by atoms with E-state index in [4.69, 9.17) is 21.1 Å². The number of ether oxygens (including phenoxy) is 2. The maximum absolute atomic E-state index is 12.6. The van der Waals surface area contributed by atoms with Crippen molar-refractivity contribution in [2.24, 2.45) is 5.92 Å². The van der Waals surface area contributed by atoms with Crippen LogP contribution in [-0.4, -0.2) is 35.8 Å². The zero-order valence-electron chi connectivity index (χ0n) is 15.8. The molecule has 7 nitrogen and oxygen atoms in total. The maximum atomic E-state index is 12.6. The lowest BCUT2D eigenvalue weighted by Crippen LogP contribution is -2.40. The molecule has 0 atom stereocenters. The SMILES string of the molecule is O=C(NCc1ccc2c(c1)OCO2)C1CCN(c2nc3ccc(Cl)cc3[nH]2)CC1. The smallest absolute Gasteiger partial charge is 0.231 e. The van der Waals surface area contributed by atoms with E-state index >= 15 is 0 Å². The Kier molecular flexibility index (Phi) is 4.67. The van der Waals surface area contributed by atoms with Gasteiger partial charge in [-0.3, -0.25) is 4.79 Å². The number of rotatable bonds is 4. The van der Waals surface area contributed by atoms with Gasteiger partial charge in [-0.05, 0) is 48.7 Å². The highest BCUT2D eigenvalue weighted by molar-refractivity contribution is 6.31. The number of hydrogen-bond donors (Lipinski definition) is 2. The van der Waals surface area contributed by atoms with Gasteiger partial charge < -0.3 is 24.7 Å². The molecule has 1 amide bonds. The third-order valence-corrected chi connectivity index (χ3v) is 5.74. The highest BCUT2D eigenvalue weighted by atomic mass is 35.5. The number of nitrogens with one attached hydrogen (secondary N) is 2. The number of benzene rings is 2. The normalized spacial score (nSPS) is 16.4. The predicted octanol–water partition coefficient (Wildman–Crippen LogP) is 3.48. The highest BCUT2D eigenvalue weighted by Gasteiger charge is 2.26. The van der Waals surface area contributed by atoms with Crippen LogP contribution < -0.4 is 19.7 Å². The number of imidazole rings is 1. The zero-order chi connectivity index (χ0) is 19.8. The van der Waals surface area contributed by atoms with Crippen LogP contribution in [0, 0.1) is 5.92 Å². The van der Waals surface area contributed by atoms with Crippen molar-refractivity contribution in [3.8, 4) is 11.5 Å². The quantitative estimate of drug-likeness (QED) is 0.685. The molecule has 3 aromatic rings. The molecule has 29 heavy (non-hydrogen) atoms. The molecule has 2 N–H and O–H groups in total. The van der Waals surface area contributed by atoms with Gasteiger partial charge in [0, 0.05) is 30.6 Å². The summed E-state index contributed by atoms with van der Waals surface area (Å²) in [4.78, 5) is 22.8. The first-order valence-electron chi connectivity index (χ1n) is 9.72. The van der Waals surface area contributed by atoms with Crippen molar-refractivity contribution >= 4 is 34.5 Å². The number of halogens is 1. The summed E-state index contributed by atoms with van der Waals surface area (Å²) in [6, 6.07) is 11.4. The van der Waals surface area contributed by atoms with Crippen LogP contribution >= 0.6 is 11.6 Å². The van der Waals surface area contributed by atoms with E-state index in [-0.39, 0.29) is 18.6 Å². The van der Waals surface area contributed by atoms with Crippen molar-refractivity contribution in [3.63, 3.8) is 0 Å². The Morgan fingerprint density at radius 3 is 2.86 bits per heavy atom. The Bertz CT molecular complexity index is 1060. The van der Waals surface area contributed by atoms with E-state index in [2.05, 4.69) is 20.2 Å². The third kappa shape index (κ3) is 3.70. The van der Waals surface area contributed by atoms with Crippen LogP contribution in [0.15, 0.2) is 36.4 Å². The van der Waals surface area contributed by atoms with Gasteiger partial charge in [-0.15, -0.1) is 0 Å². The summed E-state index contributed by atoms with van der Waals surface area (Å²) in [5, 5.41) is 3.74. The lowest BCUT2D eigenvalue weighted by atomic mass is 9.96. The van der Waals surface area contributed by atoms with Crippen LogP contribution in [0.1, 0.15) is 18.4 Å². The predicted molar refractivity (Wildman–Crippen MR) is 110 cm³/mol. The number of fused-ring (bicyclic) bond motifs is 2. The van der Waals surface area contributed by atoms with Crippen LogP contribution in [0.3, 0.4) is 0 Å². The fourth-order valence-electron chi connectivity index (χ4n) is 3.86. The summed E-state index contributed by atoms with van der Waals surface area (Å²) >= 11 is 6.05. The average molecular weight is 413 g/mol. The number of nitrogens with zero attached hydrogens (tertiary/aromatic N) is 2. The highest BCUT2D eigenvalue weighted by Crippen LogP contribution is 2.32. The number of carbonyl (C=O) groups excluding carboxylic acids is 1. The largest absolute Gasteiger partial charge is 0.454 e. The minimum absolute atomic E-state index is 0.0130. The molecule has 0 unspecified atom stereocenters. The molecular weight excluding hydrogens is 392 g/mol. The molecule has 1 aromatic heterocycles. The van der Waals surface area contributed by atoms with E-state index in [1.165, 1.54) is 0 Å². The van der Waals surface area contributed by atoms with Gasteiger partial charge in [0.15, 0.2) is 11.5 Å². The summed E-state index contributed by atoms with van der Waals surface area (Å²) in [7, 11) is 0. The molecule has 1 fully saturated rings. The molecule has 0 spiro atoms. The molecule has 2 aromatic carbocycles. The molecule has 0 saturated carbocycles. The summed E-state index contributed by atoms with van der Waals surface area (Å²) in [6.45, 7) is 2.31. The van der Waals surface area contributed by atoms with Gasteiger partial charge in [0.1, 0.15) is 0 Å². The van der Waals surface area contributed by atoms with Crippen molar-refractivity contribution in [2.45, 2.75) is 19.4 Å². The van der Waals surface area contributed by atoms with Crippen LogP contribution in [0.25, 0.3) is 11.0 Å². The number of hydrogen-bond acceptors (Lipinski definition) is 5. The summed E-state index contributed by atoms with van der Waals surface area (Å²) < 4.78 is 10.7. The van der Waals surface area contributed by atoms with E-state index in [9.17, 15) is 4.79 Å². The lowest BCUT2D eigenvalue weighted by molar-refractivity contribution is -0.125. The summed E-state index contributed by atoms with van der Waals surface area (Å²) in [6.07, 6.45) is 1.59. The van der Waals surface area contributed by atoms with Crippen LogP contribution in [0.2, 0.25) is 5.02 Å². The Morgan fingerprint density at radius 2 is 2.00 bits per heavy atom. The minimum atomic E-state index is 0.0130. The van der Waals surface area contributed by atoms with Gasteiger partial charge in [0.2, 0.25) is 18.6 Å². The standard InChI is InChI=1S/C21H21ClN4O3/c22-15-2-3-16-17(10-15)25-21(24-16)26-7-5-14(6-8-26)20(27)23-11-13-1-4-18-19(9-13)29-12-28-18/h1-4,9-10,14H,5-8,11-12H2,(H,23,27)(H,24,25). The lowest BCUT2D eigenvalue weighted by Gasteiger charge is -2.31. The molecular formula is C21H21ClN4O3. The molecule has 3 heterocycles. The fraction of sp³-hybridized carbons (Fsp3) is 0.333. The fourth-order valence-corrected chi connectivity index (χ4v) is 4.03. The molecule has 0 aliphatic carbocycles. The maximum Gasteiger partial charge on any atom is 0.231 e. The van der Waals surface area contributed by atoms with E-state index < -0.39 is 0 Å². The van der Waals surface area contributed by atoms with Crippen molar-refractivity contribution in [1.82, 2.24) is 15.3 Å². The first-order valence-corrected chi connectivity index (χ1v) is 10.1. The van der Waals surface area contributed by atoms with E-state index in [1.807, 2.05) is 36.4 Å². The second-order valence-electron chi connectivity index (χ2n) is 7.39. The first kappa shape index (κ1) is 18.1. The Morgan fingerprint density at radius 1 is 1.17 bits per heavy atom. The van der Waals surface area contributed by atoms with E-state index in [0.29, 0.717) is 11.6 Å². The van der Waals surface area contributed by atoms with Gasteiger partial charge in [-0.25, -0.2) is 4.98 Å². The van der Waals surface area contributed by atoms with E-state index in [0.717, 1.165) is 60.0 Å². The number of aromatic nitrogens is 2. The first-order chi connectivity index (χ1) is 14.2. The number of carbonyl (C=O) groups is 1. The molecule has 1 saturated heterocycles. The number of aromatic amines is 1. The second-order valence-corrected chi connectivity index (χ2v) is 7.83. The summed E-state index contributed by atoms with van der Waals surface area (Å²) in [5.74, 6) is 2.43.